The molecular formula is C10H9N3O2S. The molecule has 0 saturated heterocycles. The van der Waals surface area contributed by atoms with Crippen molar-refractivity contribution in [1.29, 1.82) is 0 Å². The van der Waals surface area contributed by atoms with E-state index in [9.17, 15) is 10.1 Å². The highest BCUT2D eigenvalue weighted by atomic mass is 32.1. The lowest BCUT2D eigenvalue weighted by atomic mass is 10.1. The third-order valence-corrected chi connectivity index (χ3v) is 2.90. The van der Waals surface area contributed by atoms with Crippen molar-refractivity contribution in [3.63, 3.8) is 0 Å². The highest BCUT2D eigenvalue weighted by molar-refractivity contribution is 7.15. The van der Waals surface area contributed by atoms with Gasteiger partial charge in [0.15, 0.2) is 5.13 Å². The molecule has 82 valence electrons. The number of non-ortho nitro benzene ring substituents is 1. The van der Waals surface area contributed by atoms with Gasteiger partial charge in [0, 0.05) is 29.6 Å². The van der Waals surface area contributed by atoms with Gasteiger partial charge in [-0.3, -0.25) is 10.1 Å². The van der Waals surface area contributed by atoms with Crippen LogP contribution >= 0.6 is 11.3 Å². The molecule has 0 spiro atoms. The molecule has 0 radical (unpaired) electrons. The Hall–Kier alpha value is -1.95. The minimum Gasteiger partial charge on any atom is -0.375 e. The topological polar surface area (TPSA) is 82.0 Å². The molecule has 2 N–H and O–H groups in total. The fourth-order valence-corrected chi connectivity index (χ4v) is 2.10. The quantitative estimate of drug-likeness (QED) is 0.653. The zero-order valence-electron chi connectivity index (χ0n) is 8.29. The van der Waals surface area contributed by atoms with Gasteiger partial charge in [-0.15, -0.1) is 11.3 Å². The third kappa shape index (κ3) is 2.34. The molecule has 0 aliphatic rings. The predicted molar refractivity (Wildman–Crippen MR) is 62.4 cm³/mol. The molecule has 0 unspecified atom stereocenters. The minimum absolute atomic E-state index is 0.106. The number of nitrogen functional groups attached to an aromatic ring is 1. The van der Waals surface area contributed by atoms with Gasteiger partial charge < -0.3 is 5.73 Å². The third-order valence-electron chi connectivity index (χ3n) is 2.07. The predicted octanol–water partition coefficient (Wildman–Crippen LogP) is 2.22. The number of thiazole rings is 1. The molecule has 6 heteroatoms. The van der Waals surface area contributed by atoms with Gasteiger partial charge in [-0.2, -0.15) is 0 Å². The summed E-state index contributed by atoms with van der Waals surface area (Å²) in [5, 5.41) is 11.1. The van der Waals surface area contributed by atoms with E-state index in [1.54, 1.807) is 18.3 Å². The summed E-state index contributed by atoms with van der Waals surface area (Å²) in [7, 11) is 0. The zero-order valence-corrected chi connectivity index (χ0v) is 9.11. The normalized spacial score (nSPS) is 10.2. The van der Waals surface area contributed by atoms with Crippen molar-refractivity contribution in [3.8, 4) is 0 Å². The van der Waals surface area contributed by atoms with Crippen molar-refractivity contribution in [3.05, 3.63) is 51.0 Å². The first-order chi connectivity index (χ1) is 7.65. The Balaban J connectivity index is 2.21. The van der Waals surface area contributed by atoms with Crippen LogP contribution < -0.4 is 5.73 Å². The van der Waals surface area contributed by atoms with Crippen LogP contribution in [0.2, 0.25) is 0 Å². The molecule has 0 amide bonds. The van der Waals surface area contributed by atoms with E-state index < -0.39 is 4.92 Å². The molecule has 1 aromatic carbocycles. The molecule has 1 aromatic heterocycles. The highest BCUT2D eigenvalue weighted by Gasteiger charge is 2.07. The number of hydrogen-bond acceptors (Lipinski definition) is 5. The van der Waals surface area contributed by atoms with Crippen molar-refractivity contribution >= 4 is 22.2 Å². The summed E-state index contributed by atoms with van der Waals surface area (Å²) < 4.78 is 0. The first-order valence-electron chi connectivity index (χ1n) is 4.58. The molecular weight excluding hydrogens is 226 g/mol. The Bertz CT molecular complexity index is 524. The average Bonchev–Trinajstić information content (AvgIpc) is 2.64. The number of hydrogen-bond donors (Lipinski definition) is 1. The van der Waals surface area contributed by atoms with Gasteiger partial charge in [0.1, 0.15) is 0 Å². The molecule has 16 heavy (non-hydrogen) atoms. The van der Waals surface area contributed by atoms with Crippen LogP contribution in [0.15, 0.2) is 30.5 Å². The monoisotopic (exact) mass is 235 g/mol. The number of rotatable bonds is 3. The molecule has 0 atom stereocenters. The average molecular weight is 235 g/mol. The Morgan fingerprint density at radius 2 is 2.31 bits per heavy atom. The van der Waals surface area contributed by atoms with Crippen LogP contribution in [-0.4, -0.2) is 9.91 Å². The fraction of sp³-hybridized carbons (Fsp3) is 0.100. The Morgan fingerprint density at radius 3 is 2.94 bits per heavy atom. The van der Waals surface area contributed by atoms with E-state index in [1.807, 2.05) is 6.07 Å². The second-order valence-corrected chi connectivity index (χ2v) is 4.42. The van der Waals surface area contributed by atoms with E-state index in [0.717, 1.165) is 10.4 Å². The van der Waals surface area contributed by atoms with Crippen LogP contribution in [0.1, 0.15) is 10.4 Å². The maximum absolute atomic E-state index is 10.6. The summed E-state index contributed by atoms with van der Waals surface area (Å²) in [5.74, 6) is 0. The number of nitrogens with zero attached hydrogens (tertiary/aromatic N) is 2. The van der Waals surface area contributed by atoms with E-state index in [-0.39, 0.29) is 5.69 Å². The number of nitrogens with two attached hydrogens (primary N) is 1. The molecule has 5 nitrogen and oxygen atoms in total. The Kier molecular flexibility index (Phi) is 2.82. The van der Waals surface area contributed by atoms with Crippen LogP contribution in [0.3, 0.4) is 0 Å². The van der Waals surface area contributed by atoms with Crippen LogP contribution in [-0.2, 0) is 6.42 Å². The number of nitro benzene ring substituents is 1. The maximum atomic E-state index is 10.6. The van der Waals surface area contributed by atoms with Gasteiger partial charge in [0.25, 0.3) is 5.69 Å². The first-order valence-corrected chi connectivity index (χ1v) is 5.40. The number of anilines is 1. The summed E-state index contributed by atoms with van der Waals surface area (Å²) in [6.07, 6.45) is 2.31. The van der Waals surface area contributed by atoms with Gasteiger partial charge in [0.2, 0.25) is 0 Å². The second-order valence-electron chi connectivity index (χ2n) is 3.27. The second kappa shape index (κ2) is 4.28. The molecule has 2 aromatic rings. The molecule has 0 aliphatic carbocycles. The summed E-state index contributed by atoms with van der Waals surface area (Å²) in [5.41, 5.74) is 6.50. The lowest BCUT2D eigenvalue weighted by Crippen LogP contribution is -1.90. The summed E-state index contributed by atoms with van der Waals surface area (Å²) in [6, 6.07) is 6.57. The largest absolute Gasteiger partial charge is 0.375 e. The number of nitro groups is 1. The van der Waals surface area contributed by atoms with Crippen molar-refractivity contribution in [2.45, 2.75) is 6.42 Å². The van der Waals surface area contributed by atoms with E-state index in [0.29, 0.717) is 11.6 Å². The number of benzene rings is 1. The van der Waals surface area contributed by atoms with E-state index in [4.69, 9.17) is 5.73 Å². The van der Waals surface area contributed by atoms with E-state index in [1.165, 1.54) is 17.4 Å². The van der Waals surface area contributed by atoms with Crippen molar-refractivity contribution in [1.82, 2.24) is 4.98 Å². The van der Waals surface area contributed by atoms with Gasteiger partial charge in [-0.1, -0.05) is 12.1 Å². The molecule has 0 saturated carbocycles. The van der Waals surface area contributed by atoms with E-state index >= 15 is 0 Å². The first kappa shape index (κ1) is 10.6. The van der Waals surface area contributed by atoms with Crippen molar-refractivity contribution in [2.75, 3.05) is 5.73 Å². The fourth-order valence-electron chi connectivity index (χ4n) is 1.39. The SMILES string of the molecule is Nc1ncc(Cc2cccc([N+](=O)[O-])c2)s1. The molecule has 0 bridgehead atoms. The standard InChI is InChI=1S/C10H9N3O2S/c11-10-12-6-9(16-10)5-7-2-1-3-8(4-7)13(14)15/h1-4,6H,5H2,(H2,11,12). The molecule has 1 heterocycles. The molecule has 0 aliphatic heterocycles. The zero-order chi connectivity index (χ0) is 11.5. The molecule has 0 fully saturated rings. The van der Waals surface area contributed by atoms with Crippen LogP contribution in [0.25, 0.3) is 0 Å². The van der Waals surface area contributed by atoms with Crippen molar-refractivity contribution in [2.24, 2.45) is 0 Å². The van der Waals surface area contributed by atoms with E-state index in [2.05, 4.69) is 4.98 Å². The Morgan fingerprint density at radius 1 is 1.50 bits per heavy atom. The number of aromatic nitrogens is 1. The van der Waals surface area contributed by atoms with Gasteiger partial charge in [0.05, 0.1) is 4.92 Å². The summed E-state index contributed by atoms with van der Waals surface area (Å²) in [4.78, 5) is 15.1. The van der Waals surface area contributed by atoms with Crippen LogP contribution in [0.4, 0.5) is 10.8 Å². The highest BCUT2D eigenvalue weighted by Crippen LogP contribution is 2.20. The van der Waals surface area contributed by atoms with Crippen LogP contribution in [0.5, 0.6) is 0 Å². The lowest BCUT2D eigenvalue weighted by molar-refractivity contribution is -0.384. The van der Waals surface area contributed by atoms with Crippen molar-refractivity contribution < 1.29 is 4.92 Å². The minimum atomic E-state index is -0.398. The Labute approximate surface area is 95.7 Å². The maximum Gasteiger partial charge on any atom is 0.269 e. The summed E-state index contributed by atoms with van der Waals surface area (Å²) in [6.45, 7) is 0. The van der Waals surface area contributed by atoms with Gasteiger partial charge >= 0.3 is 0 Å². The molecule has 2 rings (SSSR count). The smallest absolute Gasteiger partial charge is 0.269 e. The van der Waals surface area contributed by atoms with Gasteiger partial charge in [-0.05, 0) is 5.56 Å². The summed E-state index contributed by atoms with van der Waals surface area (Å²) >= 11 is 1.39. The van der Waals surface area contributed by atoms with Crippen LogP contribution in [0, 0.1) is 10.1 Å². The van der Waals surface area contributed by atoms with Gasteiger partial charge in [-0.25, -0.2) is 4.98 Å². The lowest BCUT2D eigenvalue weighted by Gasteiger charge is -1.97.